The van der Waals surface area contributed by atoms with Crippen molar-refractivity contribution in [3.63, 3.8) is 0 Å². The minimum atomic E-state index is 0.409. The molecule has 0 radical (unpaired) electrons. The van der Waals surface area contributed by atoms with Crippen LogP contribution < -0.4 is 5.73 Å². The maximum Gasteiger partial charge on any atom is 0.0237 e. The van der Waals surface area contributed by atoms with Crippen LogP contribution >= 0.6 is 0 Å². The molecule has 2 nitrogen and oxygen atoms in total. The highest BCUT2D eigenvalue weighted by Gasteiger charge is 2.55. The zero-order valence-electron chi connectivity index (χ0n) is 14.8. The van der Waals surface area contributed by atoms with E-state index in [1.807, 2.05) is 0 Å². The molecule has 2 N–H and O–H groups in total. The lowest BCUT2D eigenvalue weighted by atomic mass is 9.87. The van der Waals surface area contributed by atoms with Gasteiger partial charge in [-0.05, 0) is 38.0 Å². The van der Waals surface area contributed by atoms with Crippen LogP contribution in [0.1, 0.15) is 91.4 Å². The Morgan fingerprint density at radius 1 is 1.00 bits per heavy atom. The predicted octanol–water partition coefficient (Wildman–Crippen LogP) is 4.72. The van der Waals surface area contributed by atoms with Gasteiger partial charge in [0.05, 0.1) is 0 Å². The van der Waals surface area contributed by atoms with Crippen molar-refractivity contribution in [2.75, 3.05) is 13.1 Å². The van der Waals surface area contributed by atoms with Crippen molar-refractivity contribution in [3.8, 4) is 0 Å². The Labute approximate surface area is 132 Å². The van der Waals surface area contributed by atoms with Crippen molar-refractivity contribution in [2.24, 2.45) is 11.1 Å². The van der Waals surface area contributed by atoms with E-state index in [-0.39, 0.29) is 0 Å². The van der Waals surface area contributed by atoms with Crippen LogP contribution in [-0.2, 0) is 0 Å². The molecule has 1 heterocycles. The fourth-order valence-electron chi connectivity index (χ4n) is 4.20. The summed E-state index contributed by atoms with van der Waals surface area (Å²) in [6.45, 7) is 9.57. The largest absolute Gasteiger partial charge is 0.326 e. The van der Waals surface area contributed by atoms with E-state index in [4.69, 9.17) is 5.73 Å². The number of unbranched alkanes of at least 4 members (excludes halogenated alkanes) is 5. The third kappa shape index (κ3) is 4.22. The molecule has 21 heavy (non-hydrogen) atoms. The number of rotatable bonds is 10. The van der Waals surface area contributed by atoms with E-state index >= 15 is 0 Å². The molecule has 2 atom stereocenters. The molecule has 1 aliphatic heterocycles. The standard InChI is InChI=1S/C19H38N2/c1-4-6-8-9-10-12-18(3,11-7-5-2)21-15-17(20)19(16-21)13-14-19/h17H,4-16,20H2,1-3H3. The zero-order valence-corrected chi connectivity index (χ0v) is 14.8. The van der Waals surface area contributed by atoms with Gasteiger partial charge in [0.15, 0.2) is 0 Å². The minimum Gasteiger partial charge on any atom is -0.326 e. The smallest absolute Gasteiger partial charge is 0.0237 e. The zero-order chi connectivity index (χ0) is 15.3. The van der Waals surface area contributed by atoms with Crippen molar-refractivity contribution in [3.05, 3.63) is 0 Å². The molecule has 2 fully saturated rings. The molecule has 0 aromatic rings. The molecule has 0 aromatic heterocycles. The van der Waals surface area contributed by atoms with Gasteiger partial charge in [0.2, 0.25) is 0 Å². The summed E-state index contributed by atoms with van der Waals surface area (Å²) in [6, 6.07) is 0.443. The van der Waals surface area contributed by atoms with Gasteiger partial charge in [0.25, 0.3) is 0 Å². The lowest BCUT2D eigenvalue weighted by Crippen LogP contribution is -2.46. The van der Waals surface area contributed by atoms with Crippen LogP contribution in [0.15, 0.2) is 0 Å². The average Bonchev–Trinajstić information content (AvgIpc) is 3.17. The minimum absolute atomic E-state index is 0.409. The highest BCUT2D eigenvalue weighted by molar-refractivity contribution is 5.11. The number of likely N-dealkylation sites (tertiary alicyclic amines) is 1. The Kier molecular flexibility index (Phi) is 6.14. The van der Waals surface area contributed by atoms with E-state index in [0.717, 1.165) is 6.54 Å². The SMILES string of the molecule is CCCCCCCC(C)(CCCC)N1CC(N)C2(CC2)C1. The lowest BCUT2D eigenvalue weighted by Gasteiger charge is -2.40. The van der Waals surface area contributed by atoms with Gasteiger partial charge >= 0.3 is 0 Å². The molecule has 2 heteroatoms. The lowest BCUT2D eigenvalue weighted by molar-refractivity contribution is 0.101. The van der Waals surface area contributed by atoms with E-state index in [2.05, 4.69) is 25.7 Å². The van der Waals surface area contributed by atoms with Gasteiger partial charge in [-0.15, -0.1) is 0 Å². The second-order valence-corrected chi connectivity index (χ2v) is 8.11. The van der Waals surface area contributed by atoms with Gasteiger partial charge in [0, 0.05) is 24.7 Å². The molecule has 0 bridgehead atoms. The number of hydrogen-bond donors (Lipinski definition) is 1. The fraction of sp³-hybridized carbons (Fsp3) is 1.00. The van der Waals surface area contributed by atoms with Crippen LogP contribution in [0.5, 0.6) is 0 Å². The Bertz CT molecular complexity index is 311. The highest BCUT2D eigenvalue weighted by atomic mass is 15.3. The first-order valence-electron chi connectivity index (χ1n) is 9.57. The molecule has 2 rings (SSSR count). The molecule has 1 saturated heterocycles. The summed E-state index contributed by atoms with van der Waals surface area (Å²) in [5.74, 6) is 0. The van der Waals surface area contributed by atoms with Crippen LogP contribution in [0.3, 0.4) is 0 Å². The first-order chi connectivity index (χ1) is 10.1. The van der Waals surface area contributed by atoms with Gasteiger partial charge in [-0.2, -0.15) is 0 Å². The summed E-state index contributed by atoms with van der Waals surface area (Å²) in [5.41, 5.74) is 7.38. The van der Waals surface area contributed by atoms with E-state index in [1.165, 1.54) is 77.2 Å². The second kappa shape index (κ2) is 7.46. The van der Waals surface area contributed by atoms with Crippen LogP contribution in [0.4, 0.5) is 0 Å². The average molecular weight is 295 g/mol. The van der Waals surface area contributed by atoms with Crippen molar-refractivity contribution in [1.82, 2.24) is 4.90 Å². The van der Waals surface area contributed by atoms with Crippen molar-refractivity contribution in [2.45, 2.75) is 103 Å². The van der Waals surface area contributed by atoms with Crippen LogP contribution in [0, 0.1) is 5.41 Å². The van der Waals surface area contributed by atoms with Gasteiger partial charge in [-0.25, -0.2) is 0 Å². The molecule has 1 saturated carbocycles. The number of hydrogen-bond acceptors (Lipinski definition) is 2. The Balaban J connectivity index is 1.86. The van der Waals surface area contributed by atoms with E-state index in [1.54, 1.807) is 0 Å². The maximum atomic E-state index is 6.44. The Hall–Kier alpha value is -0.0800. The molecule has 124 valence electrons. The Morgan fingerprint density at radius 2 is 1.62 bits per heavy atom. The van der Waals surface area contributed by atoms with E-state index < -0.39 is 0 Å². The molecule has 2 unspecified atom stereocenters. The Morgan fingerprint density at radius 3 is 2.19 bits per heavy atom. The molecule has 1 aliphatic carbocycles. The van der Waals surface area contributed by atoms with Gasteiger partial charge < -0.3 is 5.73 Å². The van der Waals surface area contributed by atoms with Gasteiger partial charge in [0.1, 0.15) is 0 Å². The number of nitrogens with zero attached hydrogens (tertiary/aromatic N) is 1. The van der Waals surface area contributed by atoms with E-state index in [0.29, 0.717) is 17.0 Å². The monoisotopic (exact) mass is 294 g/mol. The van der Waals surface area contributed by atoms with E-state index in [9.17, 15) is 0 Å². The normalized spacial score (nSPS) is 27.1. The first-order valence-corrected chi connectivity index (χ1v) is 9.57. The fourth-order valence-corrected chi connectivity index (χ4v) is 4.20. The predicted molar refractivity (Wildman–Crippen MR) is 92.5 cm³/mol. The molecular formula is C19H38N2. The third-order valence-electron chi connectivity index (χ3n) is 6.25. The van der Waals surface area contributed by atoms with Crippen molar-refractivity contribution in [1.29, 1.82) is 0 Å². The molecule has 1 spiro atoms. The van der Waals surface area contributed by atoms with Crippen LogP contribution in [0.25, 0.3) is 0 Å². The van der Waals surface area contributed by atoms with Crippen LogP contribution in [0.2, 0.25) is 0 Å². The van der Waals surface area contributed by atoms with Crippen LogP contribution in [-0.4, -0.2) is 29.6 Å². The highest BCUT2D eigenvalue weighted by Crippen LogP contribution is 2.54. The summed E-state index contributed by atoms with van der Waals surface area (Å²) >= 11 is 0. The van der Waals surface area contributed by atoms with Gasteiger partial charge in [-0.3, -0.25) is 4.90 Å². The molecule has 0 amide bonds. The first kappa shape index (κ1) is 17.3. The summed E-state index contributed by atoms with van der Waals surface area (Å²) in [4.78, 5) is 2.78. The molecular weight excluding hydrogens is 256 g/mol. The second-order valence-electron chi connectivity index (χ2n) is 8.11. The maximum absolute atomic E-state index is 6.44. The molecule has 2 aliphatic rings. The quantitative estimate of drug-likeness (QED) is 0.591. The number of nitrogens with two attached hydrogens (primary N) is 1. The summed E-state index contributed by atoms with van der Waals surface area (Å²) in [7, 11) is 0. The molecule has 0 aromatic carbocycles. The topological polar surface area (TPSA) is 29.3 Å². The third-order valence-corrected chi connectivity index (χ3v) is 6.25. The summed E-state index contributed by atoms with van der Waals surface area (Å²) in [5, 5.41) is 0. The van der Waals surface area contributed by atoms with Crippen molar-refractivity contribution >= 4 is 0 Å². The van der Waals surface area contributed by atoms with Crippen molar-refractivity contribution < 1.29 is 0 Å². The van der Waals surface area contributed by atoms with Gasteiger partial charge in [-0.1, -0.05) is 58.8 Å². The summed E-state index contributed by atoms with van der Waals surface area (Å²) in [6.07, 6.45) is 15.2. The summed E-state index contributed by atoms with van der Waals surface area (Å²) < 4.78 is 0.